The van der Waals surface area contributed by atoms with Gasteiger partial charge in [-0.1, -0.05) is 18.2 Å². The van der Waals surface area contributed by atoms with Crippen LogP contribution in [0.4, 0.5) is 0 Å². The van der Waals surface area contributed by atoms with E-state index in [4.69, 9.17) is 5.11 Å². The van der Waals surface area contributed by atoms with Crippen molar-refractivity contribution >= 4 is 28.6 Å². The second-order valence-electron chi connectivity index (χ2n) is 3.97. The highest BCUT2D eigenvalue weighted by atomic mass is 16.4. The summed E-state index contributed by atoms with van der Waals surface area (Å²) in [6, 6.07) is 7.08. The van der Waals surface area contributed by atoms with Crippen molar-refractivity contribution in [2.75, 3.05) is 0 Å². The smallest absolute Gasteiger partial charge is 0.372 e. The summed E-state index contributed by atoms with van der Waals surface area (Å²) in [6.45, 7) is 1.41. The molecule has 0 atom stereocenters. The van der Waals surface area contributed by atoms with Crippen LogP contribution in [0.25, 0.3) is 10.9 Å². The van der Waals surface area contributed by atoms with Crippen molar-refractivity contribution in [2.45, 2.75) is 13.3 Å². The number of hydrogen-bond acceptors (Lipinski definition) is 3. The Morgan fingerprint density at radius 2 is 1.89 bits per heavy atom. The second-order valence-corrected chi connectivity index (χ2v) is 3.97. The van der Waals surface area contributed by atoms with Gasteiger partial charge in [0.25, 0.3) is 0 Å². The van der Waals surface area contributed by atoms with Gasteiger partial charge in [0.05, 0.1) is 5.52 Å². The molecule has 0 radical (unpaired) electrons. The number of carboxylic acid groups (broad SMARTS) is 1. The molecule has 5 heteroatoms. The van der Waals surface area contributed by atoms with E-state index in [1.54, 1.807) is 24.3 Å². The predicted octanol–water partition coefficient (Wildman–Crippen LogP) is 1.50. The molecule has 1 N–H and O–H groups in total. The number of nitrogens with zero attached hydrogens (tertiary/aromatic N) is 1. The van der Waals surface area contributed by atoms with E-state index in [9.17, 15) is 14.4 Å². The number of Topliss-reactive ketones (excluding diaryl/α,β-unsaturated/α-hetero) is 1. The van der Waals surface area contributed by atoms with Crippen LogP contribution in [-0.4, -0.2) is 27.3 Å². The summed E-state index contributed by atoms with van der Waals surface area (Å²) in [7, 11) is 0. The molecule has 2 aromatic rings. The molecular formula is C13H11NO4. The SMILES string of the molecule is CC(=O)n1cc(CC(=O)C(=O)O)c2ccccc21. The maximum absolute atomic E-state index is 11.5. The average molecular weight is 245 g/mol. The quantitative estimate of drug-likeness (QED) is 0.831. The molecule has 2 rings (SSSR count). The zero-order chi connectivity index (χ0) is 13.3. The second kappa shape index (κ2) is 4.44. The third kappa shape index (κ3) is 2.02. The number of para-hydroxylation sites is 1. The molecule has 0 aliphatic rings. The maximum Gasteiger partial charge on any atom is 0.372 e. The summed E-state index contributed by atoms with van der Waals surface area (Å²) >= 11 is 0. The summed E-state index contributed by atoms with van der Waals surface area (Å²) < 4.78 is 1.42. The third-order valence-corrected chi connectivity index (χ3v) is 2.72. The van der Waals surface area contributed by atoms with Crippen molar-refractivity contribution in [3.63, 3.8) is 0 Å². The Morgan fingerprint density at radius 3 is 2.50 bits per heavy atom. The van der Waals surface area contributed by atoms with Crippen molar-refractivity contribution in [3.05, 3.63) is 36.0 Å². The lowest BCUT2D eigenvalue weighted by atomic mass is 10.1. The average Bonchev–Trinajstić information content (AvgIpc) is 2.68. The van der Waals surface area contributed by atoms with Crippen LogP contribution in [0.2, 0.25) is 0 Å². The first kappa shape index (κ1) is 12.0. The highest BCUT2D eigenvalue weighted by Crippen LogP contribution is 2.21. The maximum atomic E-state index is 11.5. The first-order valence-electron chi connectivity index (χ1n) is 5.36. The normalized spacial score (nSPS) is 10.5. The van der Waals surface area contributed by atoms with Gasteiger partial charge in [0.2, 0.25) is 11.7 Å². The van der Waals surface area contributed by atoms with Gasteiger partial charge >= 0.3 is 5.97 Å². The van der Waals surface area contributed by atoms with Crippen molar-refractivity contribution in [1.29, 1.82) is 0 Å². The van der Waals surface area contributed by atoms with Crippen LogP contribution < -0.4 is 0 Å². The number of benzene rings is 1. The van der Waals surface area contributed by atoms with Gasteiger partial charge < -0.3 is 5.11 Å². The van der Waals surface area contributed by atoms with Crippen LogP contribution in [0.1, 0.15) is 17.3 Å². The van der Waals surface area contributed by atoms with Gasteiger partial charge in [0.1, 0.15) is 0 Å². The van der Waals surface area contributed by atoms with Crippen LogP contribution in [0, 0.1) is 0 Å². The van der Waals surface area contributed by atoms with E-state index < -0.39 is 11.8 Å². The van der Waals surface area contributed by atoms with E-state index >= 15 is 0 Å². The van der Waals surface area contributed by atoms with Gasteiger partial charge in [-0.2, -0.15) is 0 Å². The number of aliphatic carboxylic acids is 1. The van der Waals surface area contributed by atoms with E-state index in [0.29, 0.717) is 11.1 Å². The van der Waals surface area contributed by atoms with Gasteiger partial charge in [-0.15, -0.1) is 0 Å². The largest absolute Gasteiger partial charge is 0.475 e. The third-order valence-electron chi connectivity index (χ3n) is 2.72. The lowest BCUT2D eigenvalue weighted by Gasteiger charge is -1.97. The standard InChI is InChI=1S/C13H11NO4/c1-8(15)14-7-9(6-12(16)13(17)18)10-4-2-3-5-11(10)14/h2-5,7H,6H2,1H3,(H,17,18). The van der Waals surface area contributed by atoms with Crippen LogP contribution in [-0.2, 0) is 16.0 Å². The van der Waals surface area contributed by atoms with Crippen LogP contribution >= 0.6 is 0 Å². The Labute approximate surface area is 103 Å². The van der Waals surface area contributed by atoms with Crippen molar-refractivity contribution in [2.24, 2.45) is 0 Å². The molecule has 0 bridgehead atoms. The summed E-state index contributed by atoms with van der Waals surface area (Å²) in [6.07, 6.45) is 1.31. The van der Waals surface area contributed by atoms with Crippen molar-refractivity contribution in [3.8, 4) is 0 Å². The van der Waals surface area contributed by atoms with Gasteiger partial charge in [-0.3, -0.25) is 14.2 Å². The summed E-state index contributed by atoms with van der Waals surface area (Å²) in [5, 5.41) is 9.33. The Balaban J connectivity index is 2.55. The molecule has 0 aliphatic heterocycles. The van der Waals surface area contributed by atoms with E-state index in [-0.39, 0.29) is 12.3 Å². The van der Waals surface area contributed by atoms with Crippen LogP contribution in [0.5, 0.6) is 0 Å². The van der Waals surface area contributed by atoms with Crippen LogP contribution in [0.15, 0.2) is 30.5 Å². The van der Waals surface area contributed by atoms with E-state index in [1.165, 1.54) is 17.7 Å². The molecule has 5 nitrogen and oxygen atoms in total. The van der Waals surface area contributed by atoms with Gasteiger partial charge in [0.15, 0.2) is 0 Å². The Kier molecular flexibility index (Phi) is 2.97. The number of hydrogen-bond donors (Lipinski definition) is 1. The Hall–Kier alpha value is -2.43. The van der Waals surface area contributed by atoms with Gasteiger partial charge in [-0.05, 0) is 11.6 Å². The highest BCUT2D eigenvalue weighted by Gasteiger charge is 2.17. The molecule has 1 aromatic carbocycles. The molecule has 0 spiro atoms. The highest BCUT2D eigenvalue weighted by molar-refractivity contribution is 6.33. The monoisotopic (exact) mass is 245 g/mol. The number of ketones is 1. The molecule has 18 heavy (non-hydrogen) atoms. The molecule has 0 unspecified atom stereocenters. The van der Waals surface area contributed by atoms with Crippen molar-refractivity contribution in [1.82, 2.24) is 4.57 Å². The number of fused-ring (bicyclic) bond motifs is 1. The number of aromatic nitrogens is 1. The molecule has 0 fully saturated rings. The summed E-state index contributed by atoms with van der Waals surface area (Å²) in [4.78, 5) is 33.3. The minimum atomic E-state index is -1.46. The van der Waals surface area contributed by atoms with Crippen LogP contribution in [0.3, 0.4) is 0 Å². The fourth-order valence-electron chi connectivity index (χ4n) is 1.90. The molecule has 0 saturated heterocycles. The summed E-state index contributed by atoms with van der Waals surface area (Å²) in [5.74, 6) is -2.53. The molecular weight excluding hydrogens is 234 g/mol. The minimum absolute atomic E-state index is 0.180. The first-order valence-corrected chi connectivity index (χ1v) is 5.36. The van der Waals surface area contributed by atoms with Gasteiger partial charge in [0, 0.05) is 24.9 Å². The number of carbonyl (C=O) groups is 3. The topological polar surface area (TPSA) is 76.4 Å². The van der Waals surface area contributed by atoms with E-state index in [1.807, 2.05) is 0 Å². The molecule has 0 saturated carbocycles. The summed E-state index contributed by atoms with van der Waals surface area (Å²) in [5.41, 5.74) is 1.23. The molecule has 92 valence electrons. The fraction of sp³-hybridized carbons (Fsp3) is 0.154. The lowest BCUT2D eigenvalue weighted by molar-refractivity contribution is -0.148. The fourth-order valence-corrected chi connectivity index (χ4v) is 1.90. The molecule has 1 heterocycles. The Morgan fingerprint density at radius 1 is 1.22 bits per heavy atom. The van der Waals surface area contributed by atoms with Crippen molar-refractivity contribution < 1.29 is 19.5 Å². The first-order chi connectivity index (χ1) is 8.50. The lowest BCUT2D eigenvalue weighted by Crippen LogP contribution is -2.14. The predicted molar refractivity (Wildman–Crippen MR) is 64.6 cm³/mol. The Bertz CT molecular complexity index is 654. The number of carboxylic acids is 1. The van der Waals surface area contributed by atoms with E-state index in [0.717, 1.165) is 5.39 Å². The minimum Gasteiger partial charge on any atom is -0.475 e. The zero-order valence-electron chi connectivity index (χ0n) is 9.71. The molecule has 0 amide bonds. The van der Waals surface area contributed by atoms with E-state index in [2.05, 4.69) is 0 Å². The molecule has 1 aromatic heterocycles. The van der Waals surface area contributed by atoms with Gasteiger partial charge in [-0.25, -0.2) is 4.79 Å². The number of carbonyl (C=O) groups excluding carboxylic acids is 2. The molecule has 0 aliphatic carbocycles. The number of rotatable bonds is 3. The zero-order valence-corrected chi connectivity index (χ0v) is 9.71.